The highest BCUT2D eigenvalue weighted by molar-refractivity contribution is 7.22. The van der Waals surface area contributed by atoms with Crippen LogP contribution in [0.2, 0.25) is 5.02 Å². The number of nitrogens with zero attached hydrogens (tertiary/aromatic N) is 1. The summed E-state index contributed by atoms with van der Waals surface area (Å²) in [7, 11) is 0. The van der Waals surface area contributed by atoms with Gasteiger partial charge in [0.25, 0.3) is 0 Å². The van der Waals surface area contributed by atoms with Crippen LogP contribution >= 0.6 is 22.9 Å². The van der Waals surface area contributed by atoms with Gasteiger partial charge in [-0.2, -0.15) is 0 Å². The first-order chi connectivity index (χ1) is 11.9. The SMILES string of the molecule is Cc1cc2sc(NC(=O)C=Cc3ccc(C(C)C)cc3)nc2cc1Cl. The number of hydrogen-bond acceptors (Lipinski definition) is 3. The fraction of sp³-hybridized carbons (Fsp3) is 0.200. The molecule has 1 aromatic heterocycles. The van der Waals surface area contributed by atoms with Crippen molar-refractivity contribution in [1.82, 2.24) is 4.98 Å². The number of thiazole rings is 1. The van der Waals surface area contributed by atoms with Crippen LogP contribution in [0.25, 0.3) is 16.3 Å². The first-order valence-corrected chi connectivity index (χ1v) is 9.27. The van der Waals surface area contributed by atoms with E-state index in [4.69, 9.17) is 11.6 Å². The second kappa shape index (κ2) is 7.38. The number of nitrogens with one attached hydrogen (secondary N) is 1. The van der Waals surface area contributed by atoms with Gasteiger partial charge < -0.3 is 0 Å². The van der Waals surface area contributed by atoms with Crippen molar-refractivity contribution in [3.63, 3.8) is 0 Å². The van der Waals surface area contributed by atoms with Gasteiger partial charge in [0.05, 0.1) is 10.2 Å². The topological polar surface area (TPSA) is 42.0 Å². The molecule has 5 heteroatoms. The molecule has 0 atom stereocenters. The monoisotopic (exact) mass is 370 g/mol. The zero-order chi connectivity index (χ0) is 18.0. The lowest BCUT2D eigenvalue weighted by Gasteiger charge is -2.04. The maximum atomic E-state index is 12.1. The average molecular weight is 371 g/mol. The standard InChI is InChI=1S/C20H19ClN2OS/c1-12(2)15-7-4-14(5-8-15)6-9-19(24)23-20-22-17-11-16(21)13(3)10-18(17)25-20/h4-12H,1-3H3,(H,22,23,24). The number of aryl methyl sites for hydroxylation is 1. The summed E-state index contributed by atoms with van der Waals surface area (Å²) in [5.74, 6) is 0.298. The Hall–Kier alpha value is -2.17. The van der Waals surface area contributed by atoms with Crippen LogP contribution in [-0.2, 0) is 4.79 Å². The summed E-state index contributed by atoms with van der Waals surface area (Å²) in [5, 5.41) is 4.06. The highest BCUT2D eigenvalue weighted by Crippen LogP contribution is 2.30. The minimum absolute atomic E-state index is 0.199. The Morgan fingerprint density at radius 1 is 1.24 bits per heavy atom. The molecule has 1 amide bonds. The molecule has 3 nitrogen and oxygen atoms in total. The number of benzene rings is 2. The van der Waals surface area contributed by atoms with Crippen molar-refractivity contribution < 1.29 is 4.79 Å². The Morgan fingerprint density at radius 3 is 2.64 bits per heavy atom. The molecule has 2 aromatic carbocycles. The van der Waals surface area contributed by atoms with Crippen LogP contribution in [0.4, 0.5) is 5.13 Å². The van der Waals surface area contributed by atoms with E-state index >= 15 is 0 Å². The van der Waals surface area contributed by atoms with Crippen molar-refractivity contribution in [1.29, 1.82) is 0 Å². The molecule has 0 radical (unpaired) electrons. The molecule has 1 N–H and O–H groups in total. The van der Waals surface area contributed by atoms with Crippen molar-refractivity contribution in [2.24, 2.45) is 0 Å². The maximum Gasteiger partial charge on any atom is 0.250 e. The summed E-state index contributed by atoms with van der Waals surface area (Å²) >= 11 is 7.56. The van der Waals surface area contributed by atoms with E-state index in [0.29, 0.717) is 16.1 Å². The minimum atomic E-state index is -0.199. The molecule has 0 aliphatic rings. The zero-order valence-electron chi connectivity index (χ0n) is 14.3. The van der Waals surface area contributed by atoms with Crippen LogP contribution in [0, 0.1) is 6.92 Å². The molecular weight excluding hydrogens is 352 g/mol. The molecule has 1 heterocycles. The second-order valence-electron chi connectivity index (χ2n) is 6.23. The molecule has 128 valence electrons. The molecule has 0 saturated carbocycles. The molecule has 0 aliphatic heterocycles. The number of rotatable bonds is 4. The summed E-state index contributed by atoms with van der Waals surface area (Å²) in [6.07, 6.45) is 3.32. The average Bonchev–Trinajstić information content (AvgIpc) is 2.94. The Labute approximate surface area is 156 Å². The highest BCUT2D eigenvalue weighted by Gasteiger charge is 2.08. The van der Waals surface area contributed by atoms with E-state index in [0.717, 1.165) is 21.3 Å². The quantitative estimate of drug-likeness (QED) is 0.569. The van der Waals surface area contributed by atoms with Crippen molar-refractivity contribution in [2.45, 2.75) is 26.7 Å². The number of carbonyl (C=O) groups is 1. The normalized spacial score (nSPS) is 11.6. The molecule has 25 heavy (non-hydrogen) atoms. The lowest BCUT2D eigenvalue weighted by molar-refractivity contribution is -0.111. The van der Waals surface area contributed by atoms with E-state index in [-0.39, 0.29) is 5.91 Å². The molecule has 0 fully saturated rings. The fourth-order valence-corrected chi connectivity index (χ4v) is 3.52. The van der Waals surface area contributed by atoms with Gasteiger partial charge in [0.2, 0.25) is 5.91 Å². The highest BCUT2D eigenvalue weighted by atomic mass is 35.5. The van der Waals surface area contributed by atoms with Crippen LogP contribution < -0.4 is 5.32 Å². The Bertz CT molecular complexity index is 903. The van der Waals surface area contributed by atoms with Crippen LogP contribution in [0.3, 0.4) is 0 Å². The third-order valence-electron chi connectivity index (χ3n) is 3.93. The summed E-state index contributed by atoms with van der Waals surface area (Å²) in [6.45, 7) is 6.27. The third-order valence-corrected chi connectivity index (χ3v) is 5.27. The first-order valence-electron chi connectivity index (χ1n) is 8.08. The minimum Gasteiger partial charge on any atom is -0.298 e. The van der Waals surface area contributed by atoms with Gasteiger partial charge in [0.15, 0.2) is 5.13 Å². The summed E-state index contributed by atoms with van der Waals surface area (Å²) in [4.78, 5) is 16.5. The van der Waals surface area contributed by atoms with Crippen molar-refractivity contribution >= 4 is 50.3 Å². The molecule has 3 rings (SSSR count). The van der Waals surface area contributed by atoms with Gasteiger partial charge >= 0.3 is 0 Å². The lowest BCUT2D eigenvalue weighted by atomic mass is 10.0. The third kappa shape index (κ3) is 4.27. The largest absolute Gasteiger partial charge is 0.298 e. The van der Waals surface area contributed by atoms with Crippen LogP contribution in [0.5, 0.6) is 0 Å². The predicted octanol–water partition coefficient (Wildman–Crippen LogP) is 6.03. The molecular formula is C20H19ClN2OS. The number of aromatic nitrogens is 1. The second-order valence-corrected chi connectivity index (χ2v) is 7.67. The van der Waals surface area contributed by atoms with Gasteiger partial charge in [-0.3, -0.25) is 10.1 Å². The van der Waals surface area contributed by atoms with Crippen LogP contribution in [0.15, 0.2) is 42.5 Å². The van der Waals surface area contributed by atoms with Crippen molar-refractivity contribution in [3.05, 3.63) is 64.2 Å². The van der Waals surface area contributed by atoms with E-state index < -0.39 is 0 Å². The molecule has 0 spiro atoms. The Kier molecular flexibility index (Phi) is 5.21. The Morgan fingerprint density at radius 2 is 1.96 bits per heavy atom. The van der Waals surface area contributed by atoms with E-state index in [9.17, 15) is 4.79 Å². The van der Waals surface area contributed by atoms with Gasteiger partial charge in [-0.25, -0.2) is 4.98 Å². The molecule has 3 aromatic rings. The zero-order valence-corrected chi connectivity index (χ0v) is 15.9. The number of amides is 1. The van der Waals surface area contributed by atoms with Crippen molar-refractivity contribution in [2.75, 3.05) is 5.32 Å². The van der Waals surface area contributed by atoms with Gasteiger partial charge in [-0.1, -0.05) is 61.1 Å². The van der Waals surface area contributed by atoms with E-state index in [1.807, 2.05) is 31.2 Å². The van der Waals surface area contributed by atoms with Crippen molar-refractivity contribution in [3.8, 4) is 0 Å². The Balaban J connectivity index is 1.69. The first kappa shape index (κ1) is 17.6. The number of halogens is 1. The van der Waals surface area contributed by atoms with Gasteiger partial charge in [-0.05, 0) is 47.7 Å². The summed E-state index contributed by atoms with van der Waals surface area (Å²) < 4.78 is 1.01. The smallest absolute Gasteiger partial charge is 0.250 e. The number of carbonyl (C=O) groups excluding carboxylic acids is 1. The predicted molar refractivity (Wildman–Crippen MR) is 108 cm³/mol. The lowest BCUT2D eigenvalue weighted by Crippen LogP contribution is -2.07. The van der Waals surface area contributed by atoms with Gasteiger partial charge in [0.1, 0.15) is 0 Å². The molecule has 0 bridgehead atoms. The molecule has 0 saturated heterocycles. The number of anilines is 1. The van der Waals surface area contributed by atoms with E-state index in [1.54, 1.807) is 6.08 Å². The summed E-state index contributed by atoms with van der Waals surface area (Å²) in [5.41, 5.74) is 4.07. The maximum absolute atomic E-state index is 12.1. The molecule has 0 aliphatic carbocycles. The van der Waals surface area contributed by atoms with Gasteiger partial charge in [-0.15, -0.1) is 0 Å². The van der Waals surface area contributed by atoms with Crippen LogP contribution in [-0.4, -0.2) is 10.9 Å². The van der Waals surface area contributed by atoms with E-state index in [1.165, 1.54) is 23.0 Å². The fourth-order valence-electron chi connectivity index (χ4n) is 2.41. The van der Waals surface area contributed by atoms with E-state index in [2.05, 4.69) is 36.3 Å². The molecule has 0 unspecified atom stereocenters. The number of fused-ring (bicyclic) bond motifs is 1. The summed E-state index contributed by atoms with van der Waals surface area (Å²) in [6, 6.07) is 12.0. The van der Waals surface area contributed by atoms with Gasteiger partial charge in [0, 0.05) is 11.1 Å². The van der Waals surface area contributed by atoms with Crippen LogP contribution in [0.1, 0.15) is 36.5 Å². The number of hydrogen-bond donors (Lipinski definition) is 1.